The fraction of sp³-hybridized carbons (Fsp3) is 0.810. The summed E-state index contributed by atoms with van der Waals surface area (Å²) in [5.41, 5.74) is 0. The van der Waals surface area contributed by atoms with E-state index < -0.39 is 5.97 Å². The number of carboxylic acid groups (broad SMARTS) is 1. The fourth-order valence-corrected chi connectivity index (χ4v) is 3.68. The molecule has 0 saturated heterocycles. The molecule has 4 heteroatoms. The van der Waals surface area contributed by atoms with Crippen LogP contribution >= 0.6 is 0 Å². The molecular weight excluding hydrogens is 316 g/mol. The highest BCUT2D eigenvalue weighted by molar-refractivity contribution is 5.83. The summed E-state index contributed by atoms with van der Waals surface area (Å²) in [6.45, 7) is 2.16. The third-order valence-corrected chi connectivity index (χ3v) is 5.24. The molecule has 1 aliphatic rings. The Labute approximate surface area is 152 Å². The molecule has 1 rings (SSSR count). The van der Waals surface area contributed by atoms with Crippen LogP contribution in [0.25, 0.3) is 0 Å². The minimum Gasteiger partial charge on any atom is -0.481 e. The molecule has 0 aromatic rings. The highest BCUT2D eigenvalue weighted by Crippen LogP contribution is 2.34. The highest BCUT2D eigenvalue weighted by Gasteiger charge is 2.32. The number of rotatable bonds is 14. The lowest BCUT2D eigenvalue weighted by atomic mass is 9.89. The summed E-state index contributed by atoms with van der Waals surface area (Å²) >= 11 is 0. The Balaban J connectivity index is 2.24. The van der Waals surface area contributed by atoms with E-state index in [4.69, 9.17) is 5.11 Å². The normalized spacial score (nSPS) is 21.9. The number of carbonyl (C=O) groups is 2. The van der Waals surface area contributed by atoms with Crippen molar-refractivity contribution in [3.8, 4) is 0 Å². The molecule has 0 radical (unpaired) electrons. The van der Waals surface area contributed by atoms with E-state index >= 15 is 0 Å². The van der Waals surface area contributed by atoms with Gasteiger partial charge >= 0.3 is 5.97 Å². The van der Waals surface area contributed by atoms with Crippen molar-refractivity contribution in [2.24, 2.45) is 11.8 Å². The number of hydrogen-bond acceptors (Lipinski definition) is 3. The van der Waals surface area contributed by atoms with Crippen LogP contribution in [0.4, 0.5) is 0 Å². The van der Waals surface area contributed by atoms with Gasteiger partial charge in [-0.15, -0.1) is 0 Å². The zero-order valence-electron chi connectivity index (χ0n) is 15.8. The van der Waals surface area contributed by atoms with Gasteiger partial charge in [0.25, 0.3) is 0 Å². The average Bonchev–Trinajstić information content (AvgIpc) is 2.92. The predicted octanol–water partition coefficient (Wildman–Crippen LogP) is 4.89. The van der Waals surface area contributed by atoms with Crippen molar-refractivity contribution in [1.82, 2.24) is 0 Å². The number of aliphatic hydroxyl groups excluding tert-OH is 1. The molecule has 0 heterocycles. The molecule has 0 aromatic carbocycles. The Morgan fingerprint density at radius 1 is 1.16 bits per heavy atom. The van der Waals surface area contributed by atoms with E-state index in [0.29, 0.717) is 18.1 Å². The lowest BCUT2D eigenvalue weighted by Crippen LogP contribution is -2.14. The van der Waals surface area contributed by atoms with Crippen LogP contribution in [0.15, 0.2) is 12.2 Å². The molecule has 0 aromatic heterocycles. The van der Waals surface area contributed by atoms with Crippen LogP contribution in [-0.4, -0.2) is 28.1 Å². The molecule has 0 spiro atoms. The van der Waals surface area contributed by atoms with Crippen molar-refractivity contribution in [2.45, 2.75) is 96.5 Å². The number of ketones is 1. The topological polar surface area (TPSA) is 74.6 Å². The van der Waals surface area contributed by atoms with Gasteiger partial charge in [-0.25, -0.2) is 0 Å². The maximum absolute atomic E-state index is 12.1. The molecule has 25 heavy (non-hydrogen) atoms. The Bertz CT molecular complexity index is 416. The molecule has 1 aliphatic carbocycles. The number of aliphatic hydroxyl groups is 1. The molecule has 0 bridgehead atoms. The van der Waals surface area contributed by atoms with Crippen molar-refractivity contribution >= 4 is 11.8 Å². The first-order chi connectivity index (χ1) is 12.0. The summed E-state index contributed by atoms with van der Waals surface area (Å²) in [6.07, 6.45) is 15.4. The highest BCUT2D eigenvalue weighted by atomic mass is 16.4. The Morgan fingerprint density at radius 3 is 2.60 bits per heavy atom. The average molecular weight is 353 g/mol. The van der Waals surface area contributed by atoms with Gasteiger partial charge in [0.05, 0.1) is 6.10 Å². The van der Waals surface area contributed by atoms with Crippen molar-refractivity contribution in [3.63, 3.8) is 0 Å². The van der Waals surface area contributed by atoms with E-state index in [9.17, 15) is 14.7 Å². The summed E-state index contributed by atoms with van der Waals surface area (Å²) in [5, 5.41) is 18.6. The van der Waals surface area contributed by atoms with Crippen molar-refractivity contribution in [1.29, 1.82) is 0 Å². The van der Waals surface area contributed by atoms with E-state index in [-0.39, 0.29) is 18.4 Å². The molecule has 1 fully saturated rings. The van der Waals surface area contributed by atoms with Gasteiger partial charge in [-0.3, -0.25) is 9.59 Å². The number of Topliss-reactive ketones (excluding diaryl/α,β-unsaturated/α-hetero) is 1. The van der Waals surface area contributed by atoms with E-state index in [1.165, 1.54) is 0 Å². The number of carbonyl (C=O) groups excluding carboxylic acids is 1. The van der Waals surface area contributed by atoms with Crippen LogP contribution in [0, 0.1) is 11.8 Å². The van der Waals surface area contributed by atoms with Crippen LogP contribution in [0.3, 0.4) is 0 Å². The van der Waals surface area contributed by atoms with E-state index in [2.05, 4.69) is 13.0 Å². The van der Waals surface area contributed by atoms with Gasteiger partial charge in [-0.05, 0) is 31.6 Å². The van der Waals surface area contributed by atoms with Gasteiger partial charge in [0.1, 0.15) is 5.78 Å². The molecule has 144 valence electrons. The van der Waals surface area contributed by atoms with Crippen molar-refractivity contribution in [2.75, 3.05) is 0 Å². The fourth-order valence-electron chi connectivity index (χ4n) is 3.68. The first-order valence-electron chi connectivity index (χ1n) is 10.2. The quantitative estimate of drug-likeness (QED) is 0.344. The van der Waals surface area contributed by atoms with E-state index in [0.717, 1.165) is 70.6 Å². The number of hydrogen-bond donors (Lipinski definition) is 2. The van der Waals surface area contributed by atoms with Gasteiger partial charge in [-0.2, -0.15) is 0 Å². The van der Waals surface area contributed by atoms with Gasteiger partial charge in [0, 0.05) is 18.8 Å². The number of aliphatic carboxylic acids is 1. The SMILES string of the molecule is CCCCCC(O)/C=C/C1CCC(=O)C1CCCCCCCC(=O)O. The van der Waals surface area contributed by atoms with Crippen LogP contribution < -0.4 is 0 Å². The molecule has 0 amide bonds. The maximum Gasteiger partial charge on any atom is 0.303 e. The molecule has 0 aliphatic heterocycles. The Kier molecular flexibility index (Phi) is 11.5. The third-order valence-electron chi connectivity index (χ3n) is 5.24. The van der Waals surface area contributed by atoms with E-state index in [1.807, 2.05) is 6.08 Å². The Morgan fingerprint density at radius 2 is 1.88 bits per heavy atom. The largest absolute Gasteiger partial charge is 0.481 e. The van der Waals surface area contributed by atoms with Gasteiger partial charge in [0.2, 0.25) is 0 Å². The minimum absolute atomic E-state index is 0.123. The minimum atomic E-state index is -0.719. The predicted molar refractivity (Wildman–Crippen MR) is 100 cm³/mol. The smallest absolute Gasteiger partial charge is 0.303 e. The summed E-state index contributed by atoms with van der Waals surface area (Å²) in [6, 6.07) is 0. The zero-order chi connectivity index (χ0) is 18.5. The lowest BCUT2D eigenvalue weighted by Gasteiger charge is -2.15. The van der Waals surface area contributed by atoms with Gasteiger partial charge in [-0.1, -0.05) is 64.0 Å². The molecule has 4 nitrogen and oxygen atoms in total. The second kappa shape index (κ2) is 13.1. The van der Waals surface area contributed by atoms with Gasteiger partial charge in [0.15, 0.2) is 0 Å². The first kappa shape index (κ1) is 21.9. The number of unbranched alkanes of at least 4 members (excludes halogenated alkanes) is 6. The molecule has 2 N–H and O–H groups in total. The molecule has 3 atom stereocenters. The van der Waals surface area contributed by atoms with Crippen molar-refractivity contribution in [3.05, 3.63) is 12.2 Å². The molecule has 1 saturated carbocycles. The zero-order valence-corrected chi connectivity index (χ0v) is 15.8. The second-order valence-corrected chi connectivity index (χ2v) is 7.42. The van der Waals surface area contributed by atoms with Crippen LogP contribution in [0.5, 0.6) is 0 Å². The maximum atomic E-state index is 12.1. The number of allylic oxidation sites excluding steroid dienone is 1. The Hall–Kier alpha value is -1.16. The molecule has 3 unspecified atom stereocenters. The third kappa shape index (κ3) is 9.78. The summed E-state index contributed by atoms with van der Waals surface area (Å²) in [5.74, 6) is 0.0718. The summed E-state index contributed by atoms with van der Waals surface area (Å²) in [7, 11) is 0. The summed E-state index contributed by atoms with van der Waals surface area (Å²) < 4.78 is 0. The van der Waals surface area contributed by atoms with Crippen LogP contribution in [-0.2, 0) is 9.59 Å². The monoisotopic (exact) mass is 352 g/mol. The molecular formula is C21H36O4. The van der Waals surface area contributed by atoms with E-state index in [1.54, 1.807) is 0 Å². The summed E-state index contributed by atoms with van der Waals surface area (Å²) in [4.78, 5) is 22.6. The second-order valence-electron chi connectivity index (χ2n) is 7.42. The van der Waals surface area contributed by atoms with Gasteiger partial charge < -0.3 is 10.2 Å². The van der Waals surface area contributed by atoms with Crippen LogP contribution in [0.1, 0.15) is 90.4 Å². The van der Waals surface area contributed by atoms with Crippen LogP contribution in [0.2, 0.25) is 0 Å². The first-order valence-corrected chi connectivity index (χ1v) is 10.2. The van der Waals surface area contributed by atoms with Crippen molar-refractivity contribution < 1.29 is 19.8 Å². The lowest BCUT2D eigenvalue weighted by molar-refractivity contribution is -0.137. The standard InChI is InChI=1S/C21H36O4/c1-2-3-7-10-18(22)15-13-17-14-16-20(23)19(17)11-8-5-4-6-9-12-21(24)25/h13,15,17-19,22H,2-12,14,16H2,1H3,(H,24,25)/b15-13+. The number of carboxylic acids is 1.